The summed E-state index contributed by atoms with van der Waals surface area (Å²) in [4.78, 5) is 4.60. The lowest BCUT2D eigenvalue weighted by molar-refractivity contribution is 0.525. The largest absolute Gasteiger partial charge is 0.361 e. The van der Waals surface area contributed by atoms with Crippen molar-refractivity contribution in [2.45, 2.75) is 38.8 Å². The SMILES string of the molecule is CC(C)[C@H]1CSC(NC2CCCS(=O)(=O)C2)=N1. The van der Waals surface area contributed by atoms with Gasteiger partial charge in [0, 0.05) is 11.8 Å². The van der Waals surface area contributed by atoms with Crippen LogP contribution in [0.15, 0.2) is 4.99 Å². The van der Waals surface area contributed by atoms with Gasteiger partial charge in [-0.05, 0) is 18.8 Å². The lowest BCUT2D eigenvalue weighted by Crippen LogP contribution is -2.42. The third-order valence-corrected chi connectivity index (χ3v) is 6.06. The van der Waals surface area contributed by atoms with Crippen LogP contribution in [0.5, 0.6) is 0 Å². The molecule has 17 heavy (non-hydrogen) atoms. The number of thioether (sulfide) groups is 1. The molecule has 2 heterocycles. The van der Waals surface area contributed by atoms with Crippen molar-refractivity contribution < 1.29 is 8.42 Å². The lowest BCUT2D eigenvalue weighted by atomic mass is 10.1. The third kappa shape index (κ3) is 3.61. The first-order valence-electron chi connectivity index (χ1n) is 6.14. The number of nitrogens with one attached hydrogen (secondary N) is 1. The van der Waals surface area contributed by atoms with Crippen LogP contribution in [0.2, 0.25) is 0 Å². The van der Waals surface area contributed by atoms with Gasteiger partial charge in [-0.15, -0.1) is 0 Å². The van der Waals surface area contributed by atoms with Crippen molar-refractivity contribution in [3.05, 3.63) is 0 Å². The number of hydrogen-bond donors (Lipinski definition) is 1. The summed E-state index contributed by atoms with van der Waals surface area (Å²) in [7, 11) is -2.83. The number of amidine groups is 1. The summed E-state index contributed by atoms with van der Waals surface area (Å²) in [5, 5.41) is 4.23. The van der Waals surface area contributed by atoms with Crippen LogP contribution in [0.25, 0.3) is 0 Å². The molecule has 1 fully saturated rings. The second-order valence-corrected chi connectivity index (χ2v) is 8.39. The molecule has 0 aliphatic carbocycles. The van der Waals surface area contributed by atoms with E-state index in [9.17, 15) is 8.42 Å². The monoisotopic (exact) mass is 276 g/mol. The highest BCUT2D eigenvalue weighted by Gasteiger charge is 2.28. The summed E-state index contributed by atoms with van der Waals surface area (Å²) in [6, 6.07) is 0.439. The quantitative estimate of drug-likeness (QED) is 0.825. The van der Waals surface area contributed by atoms with Gasteiger partial charge in [0.25, 0.3) is 0 Å². The predicted molar refractivity (Wildman–Crippen MR) is 73.3 cm³/mol. The summed E-state index contributed by atoms with van der Waals surface area (Å²) in [6.45, 7) is 4.34. The molecule has 1 unspecified atom stereocenters. The van der Waals surface area contributed by atoms with Crippen molar-refractivity contribution in [3.63, 3.8) is 0 Å². The molecular weight excluding hydrogens is 256 g/mol. The summed E-state index contributed by atoms with van der Waals surface area (Å²) in [6.07, 6.45) is 1.71. The summed E-state index contributed by atoms with van der Waals surface area (Å²) in [5.41, 5.74) is 0. The molecule has 4 nitrogen and oxygen atoms in total. The van der Waals surface area contributed by atoms with Crippen molar-refractivity contribution in [1.82, 2.24) is 5.32 Å². The maximum atomic E-state index is 11.5. The molecule has 98 valence electrons. The maximum Gasteiger partial charge on any atom is 0.157 e. The molecule has 1 N–H and O–H groups in total. The van der Waals surface area contributed by atoms with E-state index in [1.54, 1.807) is 11.8 Å². The second kappa shape index (κ2) is 5.18. The average Bonchev–Trinajstić information content (AvgIpc) is 2.64. The molecular formula is C11H20N2O2S2. The van der Waals surface area contributed by atoms with E-state index in [2.05, 4.69) is 24.2 Å². The van der Waals surface area contributed by atoms with Crippen molar-refractivity contribution in [2.24, 2.45) is 10.9 Å². The fourth-order valence-electron chi connectivity index (χ4n) is 2.12. The van der Waals surface area contributed by atoms with Gasteiger partial charge in [-0.3, -0.25) is 4.99 Å². The Morgan fingerprint density at radius 3 is 2.82 bits per heavy atom. The molecule has 0 aromatic rings. The topological polar surface area (TPSA) is 58.5 Å². The fourth-order valence-corrected chi connectivity index (χ4v) is 5.01. The highest BCUT2D eigenvalue weighted by atomic mass is 32.2. The zero-order valence-corrected chi connectivity index (χ0v) is 12.0. The number of nitrogens with zero attached hydrogens (tertiary/aromatic N) is 1. The molecule has 0 aromatic heterocycles. The highest BCUT2D eigenvalue weighted by molar-refractivity contribution is 8.14. The van der Waals surface area contributed by atoms with Gasteiger partial charge >= 0.3 is 0 Å². The Kier molecular flexibility index (Phi) is 4.02. The molecule has 2 atom stereocenters. The van der Waals surface area contributed by atoms with Gasteiger partial charge < -0.3 is 5.32 Å². The van der Waals surface area contributed by atoms with Gasteiger partial charge in [0.1, 0.15) is 0 Å². The maximum absolute atomic E-state index is 11.5. The molecule has 0 amide bonds. The average molecular weight is 276 g/mol. The van der Waals surface area contributed by atoms with Gasteiger partial charge in [0.2, 0.25) is 0 Å². The van der Waals surface area contributed by atoms with Crippen molar-refractivity contribution >= 4 is 26.8 Å². The van der Waals surface area contributed by atoms with Crippen LogP contribution in [-0.2, 0) is 9.84 Å². The molecule has 0 bridgehead atoms. The molecule has 6 heteroatoms. The lowest BCUT2D eigenvalue weighted by Gasteiger charge is -2.23. The number of rotatable bonds is 2. The van der Waals surface area contributed by atoms with Crippen LogP contribution in [0.4, 0.5) is 0 Å². The molecule has 0 saturated carbocycles. The molecule has 0 aromatic carbocycles. The van der Waals surface area contributed by atoms with E-state index in [4.69, 9.17) is 0 Å². The second-order valence-electron chi connectivity index (χ2n) is 5.15. The number of sulfone groups is 1. The number of hydrogen-bond acceptors (Lipinski definition) is 5. The molecule has 1 saturated heterocycles. The van der Waals surface area contributed by atoms with Gasteiger partial charge in [-0.25, -0.2) is 8.42 Å². The molecule has 2 aliphatic heterocycles. The zero-order chi connectivity index (χ0) is 12.5. The van der Waals surface area contributed by atoms with Gasteiger partial charge in [0.15, 0.2) is 15.0 Å². The van der Waals surface area contributed by atoms with E-state index in [1.807, 2.05) is 0 Å². The minimum Gasteiger partial charge on any atom is -0.361 e. The van der Waals surface area contributed by atoms with Crippen LogP contribution < -0.4 is 5.32 Å². The first-order valence-corrected chi connectivity index (χ1v) is 8.94. The Balaban J connectivity index is 1.92. The third-order valence-electron chi connectivity index (χ3n) is 3.23. The smallest absolute Gasteiger partial charge is 0.157 e. The van der Waals surface area contributed by atoms with Crippen molar-refractivity contribution in [3.8, 4) is 0 Å². The minimum absolute atomic E-state index is 0.0610. The zero-order valence-electron chi connectivity index (χ0n) is 10.3. The van der Waals surface area contributed by atoms with E-state index in [1.165, 1.54) is 0 Å². The van der Waals surface area contributed by atoms with Gasteiger partial charge in [-0.1, -0.05) is 25.6 Å². The van der Waals surface area contributed by atoms with Crippen LogP contribution >= 0.6 is 11.8 Å². The Morgan fingerprint density at radius 1 is 1.47 bits per heavy atom. The molecule has 2 rings (SSSR count). The van der Waals surface area contributed by atoms with E-state index < -0.39 is 9.84 Å². The van der Waals surface area contributed by atoms with E-state index >= 15 is 0 Å². The summed E-state index contributed by atoms with van der Waals surface area (Å²) >= 11 is 1.72. The van der Waals surface area contributed by atoms with E-state index in [0.717, 1.165) is 23.8 Å². The normalized spacial score (nSPS) is 32.5. The Labute approximate surface area is 108 Å². The molecule has 0 spiro atoms. The Hall–Kier alpha value is -0.230. The fraction of sp³-hybridized carbons (Fsp3) is 0.909. The van der Waals surface area contributed by atoms with Crippen LogP contribution in [-0.4, -0.2) is 42.9 Å². The molecule has 2 aliphatic rings. The van der Waals surface area contributed by atoms with Gasteiger partial charge in [0.05, 0.1) is 17.5 Å². The van der Waals surface area contributed by atoms with Crippen LogP contribution in [0, 0.1) is 5.92 Å². The van der Waals surface area contributed by atoms with Crippen LogP contribution in [0.3, 0.4) is 0 Å². The summed E-state index contributed by atoms with van der Waals surface area (Å²) in [5.74, 6) is 2.18. The highest BCUT2D eigenvalue weighted by Crippen LogP contribution is 2.23. The predicted octanol–water partition coefficient (Wildman–Crippen LogP) is 1.28. The van der Waals surface area contributed by atoms with E-state index in [0.29, 0.717) is 17.7 Å². The Bertz CT molecular complexity index is 404. The first kappa shape index (κ1) is 13.2. The van der Waals surface area contributed by atoms with E-state index in [-0.39, 0.29) is 11.8 Å². The van der Waals surface area contributed by atoms with Crippen LogP contribution in [0.1, 0.15) is 26.7 Å². The van der Waals surface area contributed by atoms with Crippen molar-refractivity contribution in [2.75, 3.05) is 17.3 Å². The molecule has 0 radical (unpaired) electrons. The van der Waals surface area contributed by atoms with Crippen molar-refractivity contribution in [1.29, 1.82) is 0 Å². The first-order chi connectivity index (χ1) is 7.96. The summed E-state index contributed by atoms with van der Waals surface area (Å²) < 4.78 is 23.0. The van der Waals surface area contributed by atoms with Gasteiger partial charge in [-0.2, -0.15) is 0 Å². The number of aliphatic imine (C=N–C) groups is 1. The standard InChI is InChI=1S/C11H20N2O2S2/c1-8(2)10-6-16-11(13-10)12-9-4-3-5-17(14,15)7-9/h8-10H,3-7H2,1-2H3,(H,12,13)/t9?,10-/m1/s1. The minimum atomic E-state index is -2.83. The Morgan fingerprint density at radius 2 is 2.24 bits per heavy atom.